The highest BCUT2D eigenvalue weighted by Gasteiger charge is 2.31. The number of amides is 1. The van der Waals surface area contributed by atoms with Gasteiger partial charge in [0, 0.05) is 18.0 Å². The molecule has 126 valence electrons. The van der Waals surface area contributed by atoms with Gasteiger partial charge in [0.2, 0.25) is 0 Å². The van der Waals surface area contributed by atoms with E-state index >= 15 is 0 Å². The highest BCUT2D eigenvalue weighted by molar-refractivity contribution is 5.94. The summed E-state index contributed by atoms with van der Waals surface area (Å²) in [6.07, 6.45) is -3.70. The molecule has 0 radical (unpaired) electrons. The van der Waals surface area contributed by atoms with Crippen molar-refractivity contribution in [2.24, 2.45) is 5.92 Å². The van der Waals surface area contributed by atoms with Crippen LogP contribution < -0.4 is 10.1 Å². The highest BCUT2D eigenvalue weighted by atomic mass is 19.4. The van der Waals surface area contributed by atoms with Gasteiger partial charge in [-0.2, -0.15) is 13.2 Å². The van der Waals surface area contributed by atoms with Crippen molar-refractivity contribution in [3.8, 4) is 5.75 Å². The zero-order valence-electron chi connectivity index (χ0n) is 12.8. The van der Waals surface area contributed by atoms with Gasteiger partial charge in [0.25, 0.3) is 5.91 Å². The number of hydrogen-bond acceptors (Lipinski definition) is 2. The summed E-state index contributed by atoms with van der Waals surface area (Å²) in [6, 6.07) is 12.1. The van der Waals surface area contributed by atoms with E-state index in [1.165, 1.54) is 12.1 Å². The van der Waals surface area contributed by atoms with Crippen molar-refractivity contribution in [1.82, 2.24) is 5.32 Å². The Morgan fingerprint density at radius 3 is 2.75 bits per heavy atom. The minimum absolute atomic E-state index is 0.00181. The van der Waals surface area contributed by atoms with Crippen molar-refractivity contribution < 1.29 is 22.7 Å². The van der Waals surface area contributed by atoms with E-state index in [1.54, 1.807) is 0 Å². The van der Waals surface area contributed by atoms with Crippen LogP contribution in [-0.2, 0) is 12.6 Å². The molecule has 0 spiro atoms. The first-order chi connectivity index (χ1) is 11.4. The van der Waals surface area contributed by atoms with Gasteiger partial charge in [-0.3, -0.25) is 4.79 Å². The van der Waals surface area contributed by atoms with Gasteiger partial charge < -0.3 is 10.1 Å². The molecule has 0 saturated carbocycles. The lowest BCUT2D eigenvalue weighted by Crippen LogP contribution is -2.34. The molecule has 1 amide bonds. The molecular formula is C18H16F3NO2. The summed E-state index contributed by atoms with van der Waals surface area (Å²) >= 11 is 0. The summed E-state index contributed by atoms with van der Waals surface area (Å²) in [5, 5.41) is 2.69. The van der Waals surface area contributed by atoms with Crippen LogP contribution in [0.5, 0.6) is 5.75 Å². The van der Waals surface area contributed by atoms with Crippen molar-refractivity contribution in [3.05, 3.63) is 65.2 Å². The second kappa shape index (κ2) is 6.55. The normalized spacial score (nSPS) is 16.9. The number of halogens is 3. The van der Waals surface area contributed by atoms with Crippen molar-refractivity contribution in [2.45, 2.75) is 12.6 Å². The Kier molecular flexibility index (Phi) is 4.46. The summed E-state index contributed by atoms with van der Waals surface area (Å²) < 4.78 is 43.7. The van der Waals surface area contributed by atoms with E-state index in [9.17, 15) is 18.0 Å². The molecule has 0 bridgehead atoms. The molecule has 6 heteroatoms. The Bertz CT molecular complexity index is 743. The molecule has 1 aliphatic heterocycles. The fourth-order valence-electron chi connectivity index (χ4n) is 2.70. The van der Waals surface area contributed by atoms with Crippen LogP contribution in [0.4, 0.5) is 13.2 Å². The summed E-state index contributed by atoms with van der Waals surface area (Å²) in [7, 11) is 0. The lowest BCUT2D eigenvalue weighted by atomic mass is 9.96. The van der Waals surface area contributed by atoms with Crippen LogP contribution in [0.3, 0.4) is 0 Å². The Morgan fingerprint density at radius 1 is 1.17 bits per heavy atom. The molecule has 1 aliphatic rings. The summed E-state index contributed by atoms with van der Waals surface area (Å²) in [5.74, 6) is 0.424. The van der Waals surface area contributed by atoms with Crippen molar-refractivity contribution in [2.75, 3.05) is 13.2 Å². The predicted octanol–water partition coefficient (Wildman–Crippen LogP) is 3.69. The van der Waals surface area contributed by atoms with E-state index in [0.717, 1.165) is 29.9 Å². The van der Waals surface area contributed by atoms with Crippen molar-refractivity contribution in [3.63, 3.8) is 0 Å². The third-order valence-electron chi connectivity index (χ3n) is 3.96. The molecule has 0 fully saturated rings. The summed E-state index contributed by atoms with van der Waals surface area (Å²) in [5.41, 5.74) is 0.245. The first-order valence-corrected chi connectivity index (χ1v) is 7.59. The molecule has 3 nitrogen and oxygen atoms in total. The van der Waals surface area contributed by atoms with Crippen LogP contribution in [0.1, 0.15) is 21.5 Å². The molecule has 0 aliphatic carbocycles. The van der Waals surface area contributed by atoms with Crippen LogP contribution in [0.25, 0.3) is 0 Å². The fraction of sp³-hybridized carbons (Fsp3) is 0.278. The lowest BCUT2D eigenvalue weighted by molar-refractivity contribution is -0.137. The van der Waals surface area contributed by atoms with Gasteiger partial charge in [0.1, 0.15) is 5.75 Å². The smallest absolute Gasteiger partial charge is 0.416 e. The number of rotatable bonds is 3. The number of benzene rings is 2. The zero-order chi connectivity index (χ0) is 17.2. The quantitative estimate of drug-likeness (QED) is 0.929. The standard InChI is InChI=1S/C18H16F3NO2/c19-18(20,21)15-6-3-5-14(9-15)17(23)22-10-12-8-13-4-1-2-7-16(13)24-11-12/h1-7,9,12H,8,10-11H2,(H,22,23)/t12-/m0/s1. The molecular weight excluding hydrogens is 319 g/mol. The van der Waals surface area contributed by atoms with Gasteiger partial charge in [-0.25, -0.2) is 0 Å². The number of carbonyl (C=O) groups excluding carboxylic acids is 1. The van der Waals surface area contributed by atoms with Crippen LogP contribution in [0.2, 0.25) is 0 Å². The molecule has 0 saturated heterocycles. The van der Waals surface area contributed by atoms with Crippen LogP contribution >= 0.6 is 0 Å². The number of para-hydroxylation sites is 1. The first kappa shape index (κ1) is 16.4. The van der Waals surface area contributed by atoms with Crippen molar-refractivity contribution >= 4 is 5.91 Å². The van der Waals surface area contributed by atoms with Crippen LogP contribution in [0.15, 0.2) is 48.5 Å². The van der Waals surface area contributed by atoms with Crippen LogP contribution in [-0.4, -0.2) is 19.1 Å². The van der Waals surface area contributed by atoms with E-state index < -0.39 is 17.6 Å². The van der Waals surface area contributed by atoms with Gasteiger partial charge >= 0.3 is 6.18 Å². The maximum atomic E-state index is 12.7. The van der Waals surface area contributed by atoms with Crippen molar-refractivity contribution in [1.29, 1.82) is 0 Å². The maximum Gasteiger partial charge on any atom is 0.416 e. The molecule has 1 N–H and O–H groups in total. The Labute approximate surface area is 137 Å². The molecule has 2 aromatic carbocycles. The third-order valence-corrected chi connectivity index (χ3v) is 3.96. The Hall–Kier alpha value is -2.50. The predicted molar refractivity (Wildman–Crippen MR) is 82.9 cm³/mol. The monoisotopic (exact) mass is 335 g/mol. The van der Waals surface area contributed by atoms with Gasteiger partial charge in [-0.1, -0.05) is 24.3 Å². The number of fused-ring (bicyclic) bond motifs is 1. The number of carbonyl (C=O) groups is 1. The first-order valence-electron chi connectivity index (χ1n) is 7.59. The molecule has 3 rings (SSSR count). The lowest BCUT2D eigenvalue weighted by Gasteiger charge is -2.25. The second-order valence-corrected chi connectivity index (χ2v) is 5.78. The van der Waals surface area contributed by atoms with E-state index in [1.807, 2.05) is 24.3 Å². The fourth-order valence-corrected chi connectivity index (χ4v) is 2.70. The van der Waals surface area contributed by atoms with Gasteiger partial charge in [0.15, 0.2) is 0 Å². The average Bonchev–Trinajstić information content (AvgIpc) is 2.59. The van der Waals surface area contributed by atoms with E-state index in [-0.39, 0.29) is 11.5 Å². The maximum absolute atomic E-state index is 12.7. The van der Waals surface area contributed by atoms with Gasteiger partial charge in [-0.05, 0) is 36.2 Å². The Morgan fingerprint density at radius 2 is 1.96 bits per heavy atom. The van der Waals surface area contributed by atoms with E-state index in [0.29, 0.717) is 13.2 Å². The van der Waals surface area contributed by atoms with E-state index in [4.69, 9.17) is 4.74 Å². The second-order valence-electron chi connectivity index (χ2n) is 5.78. The summed E-state index contributed by atoms with van der Waals surface area (Å²) in [6.45, 7) is 0.823. The highest BCUT2D eigenvalue weighted by Crippen LogP contribution is 2.29. The topological polar surface area (TPSA) is 38.3 Å². The number of alkyl halides is 3. The summed E-state index contributed by atoms with van der Waals surface area (Å²) in [4.78, 5) is 12.1. The molecule has 1 heterocycles. The van der Waals surface area contributed by atoms with Crippen LogP contribution in [0, 0.1) is 5.92 Å². The molecule has 0 unspecified atom stereocenters. The number of ether oxygens (including phenoxy) is 1. The third kappa shape index (κ3) is 3.69. The SMILES string of the molecule is O=C(NC[C@H]1COc2ccccc2C1)c1cccc(C(F)(F)F)c1. The minimum Gasteiger partial charge on any atom is -0.493 e. The van der Waals surface area contributed by atoms with Gasteiger partial charge in [-0.15, -0.1) is 0 Å². The largest absolute Gasteiger partial charge is 0.493 e. The molecule has 1 atom stereocenters. The molecule has 0 aromatic heterocycles. The zero-order valence-corrected chi connectivity index (χ0v) is 12.8. The number of nitrogens with one attached hydrogen (secondary N) is 1. The van der Waals surface area contributed by atoms with E-state index in [2.05, 4.69) is 5.32 Å². The molecule has 24 heavy (non-hydrogen) atoms. The minimum atomic E-state index is -4.46. The van der Waals surface area contributed by atoms with Gasteiger partial charge in [0.05, 0.1) is 12.2 Å². The molecule has 2 aromatic rings. The Balaban J connectivity index is 1.61. The average molecular weight is 335 g/mol. The number of hydrogen-bond donors (Lipinski definition) is 1.